The Morgan fingerprint density at radius 2 is 0.517 bits per heavy atom. The molecular formula is C56H112BrClP2. The molecule has 4 heteroatoms. The van der Waals surface area contributed by atoms with Gasteiger partial charge in [0.2, 0.25) is 0 Å². The minimum atomic E-state index is -0.885. The fraction of sp³-hybridized carbons (Fsp3) is 0.893. The summed E-state index contributed by atoms with van der Waals surface area (Å²) in [6.07, 6.45) is 63.4. The van der Waals surface area contributed by atoms with Crippen LogP contribution in [0.4, 0.5) is 0 Å². The third-order valence-corrected chi connectivity index (χ3v) is 22.5. The lowest BCUT2D eigenvalue weighted by molar-refractivity contribution is -0.001000. The van der Waals surface area contributed by atoms with Crippen LogP contribution in [0.2, 0.25) is 0 Å². The van der Waals surface area contributed by atoms with E-state index in [0.29, 0.717) is 0 Å². The number of hydrogen-bond acceptors (Lipinski definition) is 0. The predicted molar refractivity (Wildman–Crippen MR) is 279 cm³/mol. The standard InChI is InChI=1S/C31H58P.C25H54P.BrH.ClH/c1-4-7-10-13-16-22-27-32(28-23-17-14-11-8-5-2,29-24-18-15-12-9-6-3)30-31-25-20-19-21-26-31;1-5-8-11-14-17-20-23-26(4,24-21-18-15-12-9-6-2)25-22-19-16-13-10-7-3;;/h19-21,25-26H,4-18,22-24,27-30H2,1-3H3;5-25H2,1-4H3;2*1H/q2*+1;;/p-2. The first-order chi connectivity index (χ1) is 28.4. The summed E-state index contributed by atoms with van der Waals surface area (Å²) in [5, 5.41) is 0. The van der Waals surface area contributed by atoms with Crippen molar-refractivity contribution in [2.75, 3.05) is 43.6 Å². The Labute approximate surface area is 400 Å². The molecule has 0 nitrogen and oxygen atoms in total. The van der Waals surface area contributed by atoms with Crippen LogP contribution in [0.3, 0.4) is 0 Å². The summed E-state index contributed by atoms with van der Waals surface area (Å²) in [5.41, 5.74) is 1.63. The molecule has 0 atom stereocenters. The average Bonchev–Trinajstić information content (AvgIpc) is 3.23. The highest BCUT2D eigenvalue weighted by Crippen LogP contribution is 2.63. The van der Waals surface area contributed by atoms with E-state index in [-0.39, 0.29) is 29.4 Å². The Morgan fingerprint density at radius 3 is 0.767 bits per heavy atom. The summed E-state index contributed by atoms with van der Waals surface area (Å²) in [5.74, 6) is 0. The van der Waals surface area contributed by atoms with Crippen LogP contribution >= 0.6 is 14.5 Å². The lowest BCUT2D eigenvalue weighted by Crippen LogP contribution is -3.00. The fourth-order valence-corrected chi connectivity index (χ4v) is 17.8. The zero-order valence-electron chi connectivity index (χ0n) is 42.4. The maximum Gasteiger partial charge on any atom is 0.0842 e. The van der Waals surface area contributed by atoms with Gasteiger partial charge in [0, 0.05) is 21.2 Å². The zero-order valence-corrected chi connectivity index (χ0v) is 46.6. The molecule has 0 heterocycles. The number of unbranched alkanes of at least 4 members (excludes halogenated alkanes) is 30. The minimum Gasteiger partial charge on any atom is -1.00 e. The quantitative estimate of drug-likeness (QED) is 0.0452. The molecule has 0 saturated carbocycles. The normalized spacial score (nSPS) is 11.5. The molecule has 0 aliphatic rings. The second-order valence-corrected chi connectivity index (χ2v) is 28.5. The highest BCUT2D eigenvalue weighted by atomic mass is 79.9. The number of hydrogen-bond donors (Lipinski definition) is 0. The van der Waals surface area contributed by atoms with Gasteiger partial charge in [0.1, 0.15) is 0 Å². The van der Waals surface area contributed by atoms with E-state index in [9.17, 15) is 0 Å². The van der Waals surface area contributed by atoms with Gasteiger partial charge in [-0.2, -0.15) is 0 Å². The van der Waals surface area contributed by atoms with Crippen molar-refractivity contribution in [1.82, 2.24) is 0 Å². The third kappa shape index (κ3) is 42.8. The van der Waals surface area contributed by atoms with Crippen LogP contribution < -0.4 is 29.4 Å². The molecule has 1 aromatic carbocycles. The van der Waals surface area contributed by atoms with Gasteiger partial charge < -0.3 is 29.4 Å². The van der Waals surface area contributed by atoms with Crippen LogP contribution in [0, 0.1) is 0 Å². The van der Waals surface area contributed by atoms with E-state index in [0.717, 1.165) is 0 Å². The van der Waals surface area contributed by atoms with Crippen molar-refractivity contribution < 1.29 is 29.4 Å². The molecule has 0 spiro atoms. The van der Waals surface area contributed by atoms with Crippen molar-refractivity contribution in [3.63, 3.8) is 0 Å². The van der Waals surface area contributed by atoms with E-state index in [1.165, 1.54) is 237 Å². The first-order valence-electron chi connectivity index (χ1n) is 27.2. The molecule has 1 aromatic rings. The molecule has 0 aliphatic carbocycles. The molecule has 0 saturated heterocycles. The molecule has 0 bridgehead atoms. The summed E-state index contributed by atoms with van der Waals surface area (Å²) in [6.45, 7) is 16.7. The molecular weight excluding hydrogens is 850 g/mol. The van der Waals surface area contributed by atoms with E-state index in [1.807, 2.05) is 0 Å². The van der Waals surface area contributed by atoms with Crippen molar-refractivity contribution in [1.29, 1.82) is 0 Å². The van der Waals surface area contributed by atoms with Crippen molar-refractivity contribution in [2.45, 2.75) is 279 Å². The van der Waals surface area contributed by atoms with E-state index in [2.05, 4.69) is 78.5 Å². The molecule has 0 fully saturated rings. The van der Waals surface area contributed by atoms with Gasteiger partial charge in [-0.25, -0.2) is 0 Å². The second-order valence-electron chi connectivity index (χ2n) is 19.6. The zero-order chi connectivity index (χ0) is 42.5. The molecule has 0 radical (unpaired) electrons. The van der Waals surface area contributed by atoms with Crippen molar-refractivity contribution in [3.05, 3.63) is 35.9 Å². The van der Waals surface area contributed by atoms with E-state index >= 15 is 0 Å². The topological polar surface area (TPSA) is 0 Å². The van der Waals surface area contributed by atoms with Gasteiger partial charge in [-0.15, -0.1) is 0 Å². The van der Waals surface area contributed by atoms with Crippen LogP contribution in [-0.4, -0.2) is 43.6 Å². The van der Waals surface area contributed by atoms with E-state index in [4.69, 9.17) is 0 Å². The van der Waals surface area contributed by atoms with Gasteiger partial charge in [0.25, 0.3) is 0 Å². The van der Waals surface area contributed by atoms with Crippen molar-refractivity contribution in [3.8, 4) is 0 Å². The largest absolute Gasteiger partial charge is 1.00 e. The summed E-state index contributed by atoms with van der Waals surface area (Å²) < 4.78 is 0. The first kappa shape index (κ1) is 65.1. The lowest BCUT2D eigenvalue weighted by Gasteiger charge is -2.28. The van der Waals surface area contributed by atoms with Gasteiger partial charge in [0.15, 0.2) is 0 Å². The van der Waals surface area contributed by atoms with Gasteiger partial charge in [-0.3, -0.25) is 0 Å². The Morgan fingerprint density at radius 1 is 0.300 bits per heavy atom. The molecule has 0 amide bonds. The lowest BCUT2D eigenvalue weighted by atomic mass is 10.1. The highest BCUT2D eigenvalue weighted by molar-refractivity contribution is 7.75. The summed E-state index contributed by atoms with van der Waals surface area (Å²) in [4.78, 5) is 0. The smallest absolute Gasteiger partial charge is 0.0842 e. The molecule has 0 aliphatic heterocycles. The third-order valence-electron chi connectivity index (χ3n) is 13.5. The molecule has 0 unspecified atom stereocenters. The minimum absolute atomic E-state index is 0. The maximum atomic E-state index is 2.73. The Hall–Kier alpha value is 0.850. The monoisotopic (exact) mass is 961 g/mol. The molecule has 360 valence electrons. The SMILES string of the molecule is CCCCCCCC[P+](C)(CCCCCCCC)CCCCCCCC.CCCCCCCC[P+](CCCCCCCC)(CCCCCCCC)Cc1ccccc1.[Br-].[Cl-]. The summed E-state index contributed by atoms with van der Waals surface area (Å²) >= 11 is 0. The van der Waals surface area contributed by atoms with Crippen LogP contribution in [0.15, 0.2) is 30.3 Å². The van der Waals surface area contributed by atoms with Crippen LogP contribution in [0.5, 0.6) is 0 Å². The highest BCUT2D eigenvalue weighted by Gasteiger charge is 2.36. The van der Waals surface area contributed by atoms with Crippen molar-refractivity contribution >= 4 is 14.5 Å². The molecule has 60 heavy (non-hydrogen) atoms. The Bertz CT molecular complexity index is 828. The van der Waals surface area contributed by atoms with Crippen molar-refractivity contribution in [2.24, 2.45) is 0 Å². The Kier molecular flexibility index (Phi) is 55.2. The van der Waals surface area contributed by atoms with Crippen LogP contribution in [0.1, 0.15) is 278 Å². The first-order valence-corrected chi connectivity index (χ1v) is 32.5. The summed E-state index contributed by atoms with van der Waals surface area (Å²) in [7, 11) is -1.52. The van der Waals surface area contributed by atoms with Crippen LogP contribution in [-0.2, 0) is 6.16 Å². The average molecular weight is 963 g/mol. The molecule has 1 rings (SSSR count). The maximum absolute atomic E-state index is 2.73. The number of halogens is 2. The molecule has 0 aromatic heterocycles. The number of benzene rings is 1. The summed E-state index contributed by atoms with van der Waals surface area (Å²) in [6, 6.07) is 11.6. The van der Waals surface area contributed by atoms with Gasteiger partial charge in [0.05, 0.1) is 43.1 Å². The molecule has 0 N–H and O–H groups in total. The van der Waals surface area contributed by atoms with Gasteiger partial charge >= 0.3 is 0 Å². The van der Waals surface area contributed by atoms with E-state index < -0.39 is 14.5 Å². The fourth-order valence-electron chi connectivity index (χ4n) is 9.38. The van der Waals surface area contributed by atoms with Gasteiger partial charge in [-0.05, 0) is 82.6 Å². The number of rotatable bonds is 44. The van der Waals surface area contributed by atoms with Gasteiger partial charge in [-0.1, -0.05) is 226 Å². The Balaban J connectivity index is -0.00000107. The second kappa shape index (κ2) is 50.8. The predicted octanol–water partition coefficient (Wildman–Crippen LogP) is 15.0. The van der Waals surface area contributed by atoms with Crippen LogP contribution in [0.25, 0.3) is 0 Å². The van der Waals surface area contributed by atoms with E-state index in [1.54, 1.807) is 42.5 Å².